The number of carboxylic acid groups (broad SMARTS) is 1. The van der Waals surface area contributed by atoms with E-state index in [2.05, 4.69) is 4.98 Å². The number of rotatable bonds is 3. The van der Waals surface area contributed by atoms with Crippen LogP contribution in [0.15, 0.2) is 18.5 Å². The summed E-state index contributed by atoms with van der Waals surface area (Å²) in [7, 11) is 0. The van der Waals surface area contributed by atoms with Crippen LogP contribution in [0.1, 0.15) is 16.8 Å². The third-order valence-electron chi connectivity index (χ3n) is 3.23. The topological polar surface area (TPSA) is 73.7 Å². The molecule has 2 rings (SSSR count). The number of nitrogens with zero attached hydrogens (tertiary/aromatic N) is 3. The van der Waals surface area contributed by atoms with Crippen LogP contribution in [0.3, 0.4) is 0 Å². The van der Waals surface area contributed by atoms with Crippen molar-refractivity contribution in [2.24, 2.45) is 0 Å². The van der Waals surface area contributed by atoms with Crippen LogP contribution in [0, 0.1) is 0 Å². The SMILES string of the molecule is O=C(O)CN1CCCN(C(=O)c2cnccc2Cl)CC1. The molecule has 0 spiro atoms. The maximum atomic E-state index is 12.4. The number of amides is 1. The number of carboxylic acids is 1. The minimum Gasteiger partial charge on any atom is -0.480 e. The summed E-state index contributed by atoms with van der Waals surface area (Å²) < 4.78 is 0. The van der Waals surface area contributed by atoms with Crippen LogP contribution >= 0.6 is 11.6 Å². The van der Waals surface area contributed by atoms with Gasteiger partial charge in [-0.15, -0.1) is 0 Å². The summed E-state index contributed by atoms with van der Waals surface area (Å²) in [4.78, 5) is 30.5. The first-order chi connectivity index (χ1) is 9.58. The summed E-state index contributed by atoms with van der Waals surface area (Å²) in [5, 5.41) is 9.18. The second-order valence-electron chi connectivity index (χ2n) is 4.67. The zero-order valence-corrected chi connectivity index (χ0v) is 11.7. The van der Waals surface area contributed by atoms with Gasteiger partial charge in [-0.1, -0.05) is 11.6 Å². The average Bonchev–Trinajstić information content (AvgIpc) is 2.63. The van der Waals surface area contributed by atoms with Gasteiger partial charge in [0.1, 0.15) is 0 Å². The largest absolute Gasteiger partial charge is 0.480 e. The van der Waals surface area contributed by atoms with Gasteiger partial charge < -0.3 is 10.0 Å². The summed E-state index contributed by atoms with van der Waals surface area (Å²) in [6.45, 7) is 2.33. The Bertz CT molecular complexity index is 509. The first-order valence-electron chi connectivity index (χ1n) is 6.41. The highest BCUT2D eigenvalue weighted by molar-refractivity contribution is 6.33. The molecule has 1 aromatic rings. The molecule has 0 atom stereocenters. The van der Waals surface area contributed by atoms with Gasteiger partial charge in [0.25, 0.3) is 5.91 Å². The number of pyridine rings is 1. The van der Waals surface area contributed by atoms with Crippen molar-refractivity contribution in [3.63, 3.8) is 0 Å². The number of hydrogen-bond donors (Lipinski definition) is 1. The Morgan fingerprint density at radius 2 is 2.10 bits per heavy atom. The van der Waals surface area contributed by atoms with Gasteiger partial charge in [-0.3, -0.25) is 19.5 Å². The molecule has 0 saturated carbocycles. The van der Waals surface area contributed by atoms with Gasteiger partial charge in [-0.05, 0) is 12.5 Å². The van der Waals surface area contributed by atoms with E-state index >= 15 is 0 Å². The van der Waals surface area contributed by atoms with Crippen molar-refractivity contribution in [1.29, 1.82) is 0 Å². The first kappa shape index (κ1) is 14.7. The van der Waals surface area contributed by atoms with Gasteiger partial charge in [0.05, 0.1) is 17.1 Å². The van der Waals surface area contributed by atoms with Crippen molar-refractivity contribution < 1.29 is 14.7 Å². The molecule has 1 aliphatic rings. The molecule has 1 saturated heterocycles. The van der Waals surface area contributed by atoms with E-state index in [0.717, 1.165) is 6.42 Å². The van der Waals surface area contributed by atoms with Gasteiger partial charge in [0.2, 0.25) is 0 Å². The van der Waals surface area contributed by atoms with Gasteiger partial charge in [0.15, 0.2) is 0 Å². The van der Waals surface area contributed by atoms with E-state index in [4.69, 9.17) is 16.7 Å². The second kappa shape index (κ2) is 6.67. The van der Waals surface area contributed by atoms with Crippen LogP contribution in [-0.4, -0.2) is 64.5 Å². The lowest BCUT2D eigenvalue weighted by atomic mass is 10.2. The monoisotopic (exact) mass is 297 g/mol. The van der Waals surface area contributed by atoms with E-state index in [9.17, 15) is 9.59 Å². The van der Waals surface area contributed by atoms with Gasteiger partial charge in [0, 0.05) is 38.6 Å². The molecule has 1 aliphatic heterocycles. The lowest BCUT2D eigenvalue weighted by Gasteiger charge is -2.21. The molecule has 1 aromatic heterocycles. The minimum atomic E-state index is -0.847. The zero-order valence-electron chi connectivity index (χ0n) is 11.0. The Morgan fingerprint density at radius 1 is 1.30 bits per heavy atom. The fraction of sp³-hybridized carbons (Fsp3) is 0.462. The van der Waals surface area contributed by atoms with Gasteiger partial charge in [-0.25, -0.2) is 0 Å². The molecule has 1 N–H and O–H groups in total. The van der Waals surface area contributed by atoms with E-state index in [0.29, 0.717) is 36.8 Å². The normalized spacial score (nSPS) is 16.8. The molecule has 0 aliphatic carbocycles. The summed E-state index contributed by atoms with van der Waals surface area (Å²) in [6.07, 6.45) is 3.75. The van der Waals surface area contributed by atoms with Crippen LogP contribution in [-0.2, 0) is 4.79 Å². The highest BCUT2D eigenvalue weighted by atomic mass is 35.5. The van der Waals surface area contributed by atoms with Crippen LogP contribution in [0.5, 0.6) is 0 Å². The highest BCUT2D eigenvalue weighted by Gasteiger charge is 2.22. The fourth-order valence-electron chi connectivity index (χ4n) is 2.23. The number of hydrogen-bond acceptors (Lipinski definition) is 4. The maximum Gasteiger partial charge on any atom is 0.317 e. The molecule has 6 nitrogen and oxygen atoms in total. The molecule has 0 aromatic carbocycles. The van der Waals surface area contributed by atoms with Crippen molar-refractivity contribution in [3.8, 4) is 0 Å². The Balaban J connectivity index is 2.02. The molecule has 2 heterocycles. The predicted molar refractivity (Wildman–Crippen MR) is 73.8 cm³/mol. The Labute approximate surface area is 122 Å². The molecular formula is C13H16ClN3O3. The van der Waals surface area contributed by atoms with Crippen LogP contribution in [0.25, 0.3) is 0 Å². The molecule has 1 fully saturated rings. The number of halogens is 1. The lowest BCUT2D eigenvalue weighted by Crippen LogP contribution is -2.36. The lowest BCUT2D eigenvalue weighted by molar-refractivity contribution is -0.138. The van der Waals surface area contributed by atoms with E-state index in [1.807, 2.05) is 4.90 Å². The fourth-order valence-corrected chi connectivity index (χ4v) is 2.41. The minimum absolute atomic E-state index is 0.00960. The molecule has 1 amide bonds. The van der Waals surface area contributed by atoms with Crippen molar-refractivity contribution in [1.82, 2.24) is 14.8 Å². The molecule has 20 heavy (non-hydrogen) atoms. The number of carbonyl (C=O) groups excluding carboxylic acids is 1. The molecule has 0 unspecified atom stereocenters. The zero-order chi connectivity index (χ0) is 14.5. The Hall–Kier alpha value is -1.66. The van der Waals surface area contributed by atoms with Crippen LogP contribution in [0.4, 0.5) is 0 Å². The summed E-state index contributed by atoms with van der Waals surface area (Å²) in [5.74, 6) is -1.000. The summed E-state index contributed by atoms with van der Waals surface area (Å²) >= 11 is 6.00. The number of aromatic nitrogens is 1. The van der Waals surface area contributed by atoms with Crippen molar-refractivity contribution in [2.45, 2.75) is 6.42 Å². The third-order valence-corrected chi connectivity index (χ3v) is 3.56. The Kier molecular flexibility index (Phi) is 4.92. The maximum absolute atomic E-state index is 12.4. The van der Waals surface area contributed by atoms with Crippen molar-refractivity contribution >= 4 is 23.5 Å². The highest BCUT2D eigenvalue weighted by Crippen LogP contribution is 2.17. The van der Waals surface area contributed by atoms with Crippen molar-refractivity contribution in [2.75, 3.05) is 32.7 Å². The molecule has 0 radical (unpaired) electrons. The average molecular weight is 298 g/mol. The smallest absolute Gasteiger partial charge is 0.317 e. The van der Waals surface area contributed by atoms with E-state index in [-0.39, 0.29) is 12.5 Å². The van der Waals surface area contributed by atoms with E-state index in [1.165, 1.54) is 12.4 Å². The Morgan fingerprint density at radius 3 is 2.80 bits per heavy atom. The van der Waals surface area contributed by atoms with Crippen LogP contribution in [0.2, 0.25) is 5.02 Å². The van der Waals surface area contributed by atoms with Gasteiger partial charge in [-0.2, -0.15) is 0 Å². The summed E-state index contributed by atoms with van der Waals surface area (Å²) in [6, 6.07) is 1.59. The van der Waals surface area contributed by atoms with Crippen LogP contribution < -0.4 is 0 Å². The van der Waals surface area contributed by atoms with E-state index in [1.54, 1.807) is 11.0 Å². The third kappa shape index (κ3) is 3.68. The quantitative estimate of drug-likeness (QED) is 0.900. The summed E-state index contributed by atoms with van der Waals surface area (Å²) in [5.41, 5.74) is 0.390. The number of aliphatic carboxylic acids is 1. The van der Waals surface area contributed by atoms with Crippen molar-refractivity contribution in [3.05, 3.63) is 29.0 Å². The van der Waals surface area contributed by atoms with E-state index < -0.39 is 5.97 Å². The number of carbonyl (C=O) groups is 2. The molecule has 108 valence electrons. The molecule has 0 bridgehead atoms. The first-order valence-corrected chi connectivity index (χ1v) is 6.78. The second-order valence-corrected chi connectivity index (χ2v) is 5.08. The standard InChI is InChI=1S/C13H16ClN3O3/c14-11-2-3-15-8-10(11)13(20)17-5-1-4-16(6-7-17)9-12(18)19/h2-3,8H,1,4-7,9H2,(H,18,19). The molecule has 7 heteroatoms. The predicted octanol–water partition coefficient (Wildman–Crippen LogP) is 0.967. The molecular weight excluding hydrogens is 282 g/mol. The van der Waals surface area contributed by atoms with Gasteiger partial charge >= 0.3 is 5.97 Å².